The number of rotatable bonds is 8. The maximum Gasteiger partial charge on any atom is 0.225 e. The topological polar surface area (TPSA) is 49.8 Å². The molecule has 0 spiro atoms. The number of carbonyl (C=O) groups excluding carboxylic acids is 1. The molecule has 26 heavy (non-hydrogen) atoms. The maximum atomic E-state index is 12.7. The van der Waals surface area contributed by atoms with E-state index in [1.807, 2.05) is 24.0 Å². The van der Waals surface area contributed by atoms with Crippen LogP contribution < -0.4 is 4.74 Å². The van der Waals surface area contributed by atoms with Crippen molar-refractivity contribution >= 4 is 5.91 Å². The largest absolute Gasteiger partial charge is 0.497 e. The molecule has 0 aromatic heterocycles. The van der Waals surface area contributed by atoms with Gasteiger partial charge in [-0.25, -0.2) is 0 Å². The zero-order chi connectivity index (χ0) is 19.2. The second-order valence-corrected chi connectivity index (χ2v) is 7.73. The van der Waals surface area contributed by atoms with Crippen molar-refractivity contribution in [2.75, 3.05) is 20.2 Å². The average Bonchev–Trinajstić information content (AvgIpc) is 2.67. The van der Waals surface area contributed by atoms with Gasteiger partial charge in [-0.05, 0) is 62.6 Å². The first-order valence-corrected chi connectivity index (χ1v) is 9.65. The maximum absolute atomic E-state index is 12.7. The van der Waals surface area contributed by atoms with Gasteiger partial charge in [0.15, 0.2) is 0 Å². The number of likely N-dealkylation sites (tertiary alicyclic amines) is 1. The summed E-state index contributed by atoms with van der Waals surface area (Å²) in [6, 6.07) is 8.28. The SMILES string of the molecule is C=CC(C)(O)CCCC(C)C(=O)N1CCC(c2ccc(OC)cc2)CC1. The van der Waals surface area contributed by atoms with Gasteiger partial charge in [-0.3, -0.25) is 4.79 Å². The quantitative estimate of drug-likeness (QED) is 0.710. The Morgan fingerprint density at radius 3 is 2.54 bits per heavy atom. The molecule has 1 heterocycles. The summed E-state index contributed by atoms with van der Waals surface area (Å²) in [6.07, 6.45) is 5.87. The molecule has 2 rings (SSSR count). The molecule has 1 saturated heterocycles. The first-order chi connectivity index (χ1) is 12.4. The normalized spacial score (nSPS) is 18.8. The van der Waals surface area contributed by atoms with E-state index in [4.69, 9.17) is 4.74 Å². The minimum atomic E-state index is -0.834. The zero-order valence-corrected chi connectivity index (χ0v) is 16.4. The highest BCUT2D eigenvalue weighted by atomic mass is 16.5. The van der Waals surface area contributed by atoms with Crippen molar-refractivity contribution in [2.24, 2.45) is 5.92 Å². The standard InChI is InChI=1S/C22H33NO3/c1-5-22(3,25)14-6-7-17(2)21(24)23-15-12-19(13-16-23)18-8-10-20(26-4)11-9-18/h5,8-11,17,19,25H,1,6-7,12-16H2,2-4H3. The Labute approximate surface area is 157 Å². The summed E-state index contributed by atoms with van der Waals surface area (Å²) in [5.74, 6) is 1.65. The third kappa shape index (κ3) is 5.60. The van der Waals surface area contributed by atoms with Crippen molar-refractivity contribution in [1.82, 2.24) is 4.90 Å². The lowest BCUT2D eigenvalue weighted by molar-refractivity contribution is -0.136. The van der Waals surface area contributed by atoms with Crippen LogP contribution >= 0.6 is 0 Å². The first-order valence-electron chi connectivity index (χ1n) is 9.65. The van der Waals surface area contributed by atoms with Gasteiger partial charge in [-0.1, -0.05) is 25.1 Å². The van der Waals surface area contributed by atoms with E-state index in [-0.39, 0.29) is 11.8 Å². The first kappa shape index (κ1) is 20.5. The fourth-order valence-electron chi connectivity index (χ4n) is 3.61. The van der Waals surface area contributed by atoms with Crippen molar-refractivity contribution in [1.29, 1.82) is 0 Å². The molecule has 1 aliphatic heterocycles. The Hall–Kier alpha value is -1.81. The van der Waals surface area contributed by atoms with Gasteiger partial charge in [0, 0.05) is 19.0 Å². The number of hydrogen-bond acceptors (Lipinski definition) is 3. The predicted molar refractivity (Wildman–Crippen MR) is 105 cm³/mol. The molecule has 0 saturated carbocycles. The van der Waals surface area contributed by atoms with Gasteiger partial charge >= 0.3 is 0 Å². The van der Waals surface area contributed by atoms with Crippen LogP contribution in [0.3, 0.4) is 0 Å². The third-order valence-electron chi connectivity index (χ3n) is 5.58. The highest BCUT2D eigenvalue weighted by Crippen LogP contribution is 2.30. The minimum absolute atomic E-state index is 0.00755. The number of benzene rings is 1. The molecule has 1 amide bonds. The van der Waals surface area contributed by atoms with Gasteiger partial charge in [-0.15, -0.1) is 6.58 Å². The van der Waals surface area contributed by atoms with Crippen LogP contribution in [0, 0.1) is 5.92 Å². The molecule has 1 N–H and O–H groups in total. The lowest BCUT2D eigenvalue weighted by Crippen LogP contribution is -2.40. The molecule has 1 fully saturated rings. The van der Waals surface area contributed by atoms with Gasteiger partial charge in [0.05, 0.1) is 12.7 Å². The Kier molecular flexibility index (Phi) is 7.27. The number of hydrogen-bond donors (Lipinski definition) is 1. The lowest BCUT2D eigenvalue weighted by Gasteiger charge is -2.34. The van der Waals surface area contributed by atoms with Gasteiger partial charge in [-0.2, -0.15) is 0 Å². The van der Waals surface area contributed by atoms with Gasteiger partial charge < -0.3 is 14.7 Å². The molecule has 1 aliphatic rings. The summed E-state index contributed by atoms with van der Waals surface area (Å²) < 4.78 is 5.22. The monoisotopic (exact) mass is 359 g/mol. The van der Waals surface area contributed by atoms with Crippen LogP contribution in [0.25, 0.3) is 0 Å². The Morgan fingerprint density at radius 2 is 2.00 bits per heavy atom. The van der Waals surface area contributed by atoms with Crippen LogP contribution in [0.15, 0.2) is 36.9 Å². The van der Waals surface area contributed by atoms with Crippen molar-refractivity contribution in [2.45, 2.75) is 57.5 Å². The summed E-state index contributed by atoms with van der Waals surface area (Å²) >= 11 is 0. The molecular formula is C22H33NO3. The number of nitrogens with zero attached hydrogens (tertiary/aromatic N) is 1. The van der Waals surface area contributed by atoms with E-state index in [0.717, 1.165) is 44.5 Å². The Bertz CT molecular complexity index is 586. The highest BCUT2D eigenvalue weighted by Gasteiger charge is 2.27. The van der Waals surface area contributed by atoms with E-state index in [9.17, 15) is 9.90 Å². The zero-order valence-electron chi connectivity index (χ0n) is 16.4. The van der Waals surface area contributed by atoms with Crippen LogP contribution in [0.2, 0.25) is 0 Å². The number of carbonyl (C=O) groups is 1. The lowest BCUT2D eigenvalue weighted by atomic mass is 9.88. The second-order valence-electron chi connectivity index (χ2n) is 7.73. The van der Waals surface area contributed by atoms with E-state index in [0.29, 0.717) is 12.3 Å². The summed E-state index contributed by atoms with van der Waals surface area (Å²) in [6.45, 7) is 9.06. The van der Waals surface area contributed by atoms with Crippen molar-refractivity contribution in [3.05, 3.63) is 42.5 Å². The van der Waals surface area contributed by atoms with Crippen LogP contribution in [-0.2, 0) is 4.79 Å². The number of amides is 1. The van der Waals surface area contributed by atoms with Crippen molar-refractivity contribution in [3.63, 3.8) is 0 Å². The fourth-order valence-corrected chi connectivity index (χ4v) is 3.61. The summed E-state index contributed by atoms with van der Waals surface area (Å²) in [5, 5.41) is 9.97. The van der Waals surface area contributed by atoms with Crippen molar-refractivity contribution in [3.8, 4) is 5.75 Å². The number of aliphatic hydroxyl groups is 1. The summed E-state index contributed by atoms with van der Waals surface area (Å²) in [7, 11) is 1.68. The van der Waals surface area contributed by atoms with Crippen molar-refractivity contribution < 1.29 is 14.6 Å². The summed E-state index contributed by atoms with van der Waals surface area (Å²) in [5.41, 5.74) is 0.497. The molecule has 144 valence electrons. The third-order valence-corrected chi connectivity index (χ3v) is 5.58. The van der Waals surface area contributed by atoms with Gasteiger partial charge in [0.2, 0.25) is 5.91 Å². The van der Waals surface area contributed by atoms with E-state index in [2.05, 4.69) is 18.7 Å². The Morgan fingerprint density at radius 1 is 1.38 bits per heavy atom. The molecule has 1 aromatic rings. The smallest absolute Gasteiger partial charge is 0.225 e. The molecule has 0 aliphatic carbocycles. The average molecular weight is 360 g/mol. The van der Waals surface area contributed by atoms with Crippen LogP contribution in [0.1, 0.15) is 57.4 Å². The number of piperidine rings is 1. The van der Waals surface area contributed by atoms with E-state index in [1.165, 1.54) is 5.56 Å². The Balaban J connectivity index is 1.78. The number of ether oxygens (including phenoxy) is 1. The summed E-state index contributed by atoms with van der Waals surface area (Å²) in [4.78, 5) is 14.7. The van der Waals surface area contributed by atoms with Crippen LogP contribution in [0.5, 0.6) is 5.75 Å². The minimum Gasteiger partial charge on any atom is -0.497 e. The molecular weight excluding hydrogens is 326 g/mol. The molecule has 4 nitrogen and oxygen atoms in total. The molecule has 0 bridgehead atoms. The van der Waals surface area contributed by atoms with Crippen LogP contribution in [0.4, 0.5) is 0 Å². The van der Waals surface area contributed by atoms with Gasteiger partial charge in [0.25, 0.3) is 0 Å². The highest BCUT2D eigenvalue weighted by molar-refractivity contribution is 5.78. The fraction of sp³-hybridized carbons (Fsp3) is 0.591. The molecule has 1 aromatic carbocycles. The number of methoxy groups -OCH3 is 1. The second kappa shape index (κ2) is 9.22. The molecule has 4 heteroatoms. The van der Waals surface area contributed by atoms with Crippen LogP contribution in [-0.4, -0.2) is 41.7 Å². The molecule has 2 atom stereocenters. The molecule has 2 unspecified atom stereocenters. The van der Waals surface area contributed by atoms with E-state index < -0.39 is 5.60 Å². The van der Waals surface area contributed by atoms with Gasteiger partial charge in [0.1, 0.15) is 5.75 Å². The predicted octanol–water partition coefficient (Wildman–Crippen LogP) is 4.14. The van der Waals surface area contributed by atoms with E-state index >= 15 is 0 Å². The van der Waals surface area contributed by atoms with E-state index in [1.54, 1.807) is 20.1 Å². The molecule has 0 radical (unpaired) electrons.